The molecule has 0 radical (unpaired) electrons. The van der Waals surface area contributed by atoms with Gasteiger partial charge in [0.25, 0.3) is 0 Å². The second-order valence-electron chi connectivity index (χ2n) is 10.9. The number of aliphatic hydroxyl groups is 1. The molecule has 4 rings (SSSR count). The first-order valence-electron chi connectivity index (χ1n) is 13.3. The number of amides is 1. The van der Waals surface area contributed by atoms with Crippen LogP contribution in [0, 0.1) is 19.7 Å². The second kappa shape index (κ2) is 11.4. The molecule has 0 spiro atoms. The lowest BCUT2D eigenvalue weighted by atomic mass is 9.86. The summed E-state index contributed by atoms with van der Waals surface area (Å²) in [5, 5.41) is 22.5. The molecule has 3 aromatic rings. The molecule has 1 amide bonds. The summed E-state index contributed by atoms with van der Waals surface area (Å²) in [5.41, 5.74) is 3.77. The lowest BCUT2D eigenvalue weighted by molar-refractivity contribution is -0.160. The van der Waals surface area contributed by atoms with E-state index in [1.54, 1.807) is 51.5 Å². The normalized spacial score (nSPS) is 14.3. The van der Waals surface area contributed by atoms with Crippen molar-refractivity contribution in [2.75, 3.05) is 19.8 Å². The molecule has 0 aliphatic carbocycles. The van der Waals surface area contributed by atoms with Gasteiger partial charge in [0.15, 0.2) is 17.7 Å². The van der Waals surface area contributed by atoms with Crippen molar-refractivity contribution in [3.05, 3.63) is 52.1 Å². The Labute approximate surface area is 232 Å². The number of carboxylic acids is 1. The average molecular weight is 554 g/mol. The number of nitrogens with zero attached hydrogens (tertiary/aromatic N) is 2. The highest BCUT2D eigenvalue weighted by Gasteiger charge is 2.34. The van der Waals surface area contributed by atoms with E-state index in [9.17, 15) is 14.7 Å². The number of aliphatic carboxylic acids is 1. The number of ether oxygens (including phenoxy) is 2. The van der Waals surface area contributed by atoms with Crippen LogP contribution >= 0.6 is 0 Å². The van der Waals surface area contributed by atoms with Crippen LogP contribution in [0.15, 0.2) is 18.2 Å². The summed E-state index contributed by atoms with van der Waals surface area (Å²) < 4.78 is 29.0. The third-order valence-electron chi connectivity index (χ3n) is 6.92. The maximum absolute atomic E-state index is 15.5. The Kier molecular flexibility index (Phi) is 8.32. The fourth-order valence-corrected chi connectivity index (χ4v) is 5.15. The SMILES string of the molecule is Cc1nc2c(cc(/C=C/C(=O)NCCO)n2C)c(-c2cc(F)c3c(c2C)CCCO3)c1[C@H](OC(C)(C)C)C(=O)O. The Morgan fingerprint density at radius 3 is 2.67 bits per heavy atom. The van der Waals surface area contributed by atoms with E-state index in [0.29, 0.717) is 52.1 Å². The van der Waals surface area contributed by atoms with E-state index in [4.69, 9.17) is 19.6 Å². The largest absolute Gasteiger partial charge is 0.490 e. The topological polar surface area (TPSA) is 123 Å². The number of fused-ring (bicyclic) bond motifs is 2. The van der Waals surface area contributed by atoms with Crippen molar-refractivity contribution >= 4 is 29.0 Å². The summed E-state index contributed by atoms with van der Waals surface area (Å²) in [5.74, 6) is -1.83. The first-order valence-corrected chi connectivity index (χ1v) is 13.3. The molecule has 9 nitrogen and oxygen atoms in total. The summed E-state index contributed by atoms with van der Waals surface area (Å²) in [6.07, 6.45) is 2.98. The van der Waals surface area contributed by atoms with Crippen molar-refractivity contribution < 1.29 is 33.7 Å². The standard InChI is InChI=1S/C30H36FN3O6/c1-16-19-8-7-13-39-26(19)22(31)15-20(16)25-21-14-18(9-10-23(36)32-11-12-35)34(6)28(21)33-17(2)24(25)27(29(37)38)40-30(3,4)5/h9-10,14-15,27,35H,7-8,11-13H2,1-6H3,(H,32,36)(H,37,38)/b10-9+/t27-/m0/s1. The first-order chi connectivity index (χ1) is 18.8. The Morgan fingerprint density at radius 1 is 1.30 bits per heavy atom. The molecule has 1 atom stereocenters. The fourth-order valence-electron chi connectivity index (χ4n) is 5.15. The minimum Gasteiger partial charge on any atom is -0.490 e. The summed E-state index contributed by atoms with van der Waals surface area (Å²) in [6.45, 7) is 9.33. The van der Waals surface area contributed by atoms with Crippen LogP contribution in [0.2, 0.25) is 0 Å². The molecule has 3 N–H and O–H groups in total. The predicted octanol–water partition coefficient (Wildman–Crippen LogP) is 4.38. The zero-order valence-corrected chi connectivity index (χ0v) is 23.7. The van der Waals surface area contributed by atoms with E-state index in [0.717, 1.165) is 17.5 Å². The number of rotatable bonds is 8. The van der Waals surface area contributed by atoms with Crippen molar-refractivity contribution in [3.63, 3.8) is 0 Å². The number of hydrogen-bond acceptors (Lipinski definition) is 6. The molecular formula is C30H36FN3O6. The zero-order chi connectivity index (χ0) is 29.4. The highest BCUT2D eigenvalue weighted by atomic mass is 19.1. The molecular weight excluding hydrogens is 517 g/mol. The van der Waals surface area contributed by atoms with Crippen LogP contribution in [0.3, 0.4) is 0 Å². The minimum absolute atomic E-state index is 0.129. The summed E-state index contributed by atoms with van der Waals surface area (Å²) in [6, 6.07) is 3.21. The number of pyridine rings is 1. The molecule has 0 unspecified atom stereocenters. The number of halogens is 1. The van der Waals surface area contributed by atoms with E-state index in [1.807, 2.05) is 6.92 Å². The molecule has 0 saturated carbocycles. The van der Waals surface area contributed by atoms with Crippen molar-refractivity contribution in [2.24, 2.45) is 7.05 Å². The number of carbonyl (C=O) groups excluding carboxylic acids is 1. The Balaban J connectivity index is 2.05. The highest BCUT2D eigenvalue weighted by Crippen LogP contribution is 2.44. The summed E-state index contributed by atoms with van der Waals surface area (Å²) in [4.78, 5) is 29.6. The quantitative estimate of drug-likeness (QED) is 0.354. The molecule has 3 heterocycles. The van der Waals surface area contributed by atoms with Crippen LogP contribution in [0.5, 0.6) is 5.75 Å². The van der Waals surface area contributed by atoms with Crippen molar-refractivity contribution in [1.29, 1.82) is 0 Å². The molecule has 214 valence electrons. The molecule has 1 aliphatic heterocycles. The number of benzene rings is 1. The van der Waals surface area contributed by atoms with Crippen LogP contribution in [0.25, 0.3) is 28.2 Å². The third kappa shape index (κ3) is 5.73. The number of carbonyl (C=O) groups is 2. The Hall–Kier alpha value is -3.76. The molecule has 10 heteroatoms. The number of carboxylic acid groups (broad SMARTS) is 1. The smallest absolute Gasteiger partial charge is 0.337 e. The van der Waals surface area contributed by atoms with Crippen LogP contribution in [-0.2, 0) is 27.8 Å². The molecule has 1 aliphatic rings. The number of nitrogens with one attached hydrogen (secondary N) is 1. The highest BCUT2D eigenvalue weighted by molar-refractivity contribution is 6.01. The number of hydrogen-bond donors (Lipinski definition) is 3. The van der Waals surface area contributed by atoms with Crippen LogP contribution in [0.1, 0.15) is 61.4 Å². The van der Waals surface area contributed by atoms with Gasteiger partial charge in [-0.15, -0.1) is 0 Å². The van der Waals surface area contributed by atoms with Gasteiger partial charge in [0, 0.05) is 53.1 Å². The lowest BCUT2D eigenvalue weighted by Crippen LogP contribution is -2.28. The predicted molar refractivity (Wildman–Crippen MR) is 150 cm³/mol. The second-order valence-corrected chi connectivity index (χ2v) is 10.9. The molecule has 0 fully saturated rings. The Bertz CT molecular complexity index is 1500. The molecule has 40 heavy (non-hydrogen) atoms. The van der Waals surface area contributed by atoms with E-state index >= 15 is 4.39 Å². The molecule has 0 bridgehead atoms. The van der Waals surface area contributed by atoms with Crippen molar-refractivity contribution in [3.8, 4) is 16.9 Å². The molecule has 1 aromatic carbocycles. The van der Waals surface area contributed by atoms with Crippen molar-refractivity contribution in [1.82, 2.24) is 14.9 Å². The van der Waals surface area contributed by atoms with Gasteiger partial charge in [-0.25, -0.2) is 14.2 Å². The van der Waals surface area contributed by atoms with Gasteiger partial charge in [-0.3, -0.25) is 4.79 Å². The monoisotopic (exact) mass is 553 g/mol. The van der Waals surface area contributed by atoms with Crippen molar-refractivity contribution in [2.45, 2.75) is 59.2 Å². The van der Waals surface area contributed by atoms with Gasteiger partial charge in [-0.2, -0.15) is 0 Å². The fraction of sp³-hybridized carbons (Fsp3) is 0.433. The third-order valence-corrected chi connectivity index (χ3v) is 6.92. The van der Waals surface area contributed by atoms with Gasteiger partial charge in [-0.1, -0.05) is 0 Å². The lowest BCUT2D eigenvalue weighted by Gasteiger charge is -2.29. The summed E-state index contributed by atoms with van der Waals surface area (Å²) >= 11 is 0. The first kappa shape index (κ1) is 29.2. The van der Waals surface area contributed by atoms with Gasteiger partial charge in [0.05, 0.1) is 18.8 Å². The van der Waals surface area contributed by atoms with E-state index < -0.39 is 23.5 Å². The van der Waals surface area contributed by atoms with Gasteiger partial charge >= 0.3 is 5.97 Å². The molecule has 2 aromatic heterocycles. The van der Waals surface area contributed by atoms with Crippen LogP contribution < -0.4 is 10.1 Å². The zero-order valence-electron chi connectivity index (χ0n) is 23.7. The van der Waals surface area contributed by atoms with Gasteiger partial charge in [0.1, 0.15) is 5.65 Å². The minimum atomic E-state index is -1.37. The number of aromatic nitrogens is 2. The van der Waals surface area contributed by atoms with E-state index in [2.05, 4.69) is 5.32 Å². The maximum atomic E-state index is 15.5. The number of aryl methyl sites for hydroxylation is 2. The van der Waals surface area contributed by atoms with Crippen LogP contribution in [0.4, 0.5) is 4.39 Å². The number of aliphatic hydroxyl groups excluding tert-OH is 1. The van der Waals surface area contributed by atoms with Gasteiger partial charge < -0.3 is 29.6 Å². The van der Waals surface area contributed by atoms with E-state index in [1.165, 1.54) is 12.1 Å². The van der Waals surface area contributed by atoms with Gasteiger partial charge in [-0.05, 0) is 76.8 Å². The van der Waals surface area contributed by atoms with E-state index in [-0.39, 0.29) is 24.8 Å². The average Bonchev–Trinajstić information content (AvgIpc) is 3.20. The van der Waals surface area contributed by atoms with Crippen LogP contribution in [-0.4, -0.2) is 57.0 Å². The summed E-state index contributed by atoms with van der Waals surface area (Å²) in [7, 11) is 1.79. The molecule has 0 saturated heterocycles. The maximum Gasteiger partial charge on any atom is 0.337 e. The van der Waals surface area contributed by atoms with Gasteiger partial charge in [0.2, 0.25) is 5.91 Å². The Morgan fingerprint density at radius 2 is 2.02 bits per heavy atom.